The lowest BCUT2D eigenvalue weighted by atomic mass is 10.1. The molecule has 1 N–H and O–H groups in total. The molecule has 0 aliphatic rings. The predicted octanol–water partition coefficient (Wildman–Crippen LogP) is 5.48. The summed E-state index contributed by atoms with van der Waals surface area (Å²) < 4.78 is 12.5. The van der Waals surface area contributed by atoms with E-state index >= 15 is 0 Å². The van der Waals surface area contributed by atoms with Crippen LogP contribution in [-0.2, 0) is 6.54 Å². The Balaban J connectivity index is 2.19. The number of halogens is 1. The first kappa shape index (κ1) is 18.6. The molecule has 0 aliphatic heterocycles. The van der Waals surface area contributed by atoms with Crippen molar-refractivity contribution in [1.29, 1.82) is 0 Å². The first-order valence-corrected chi connectivity index (χ1v) is 9.13. The van der Waals surface area contributed by atoms with Crippen molar-refractivity contribution in [2.45, 2.75) is 27.3 Å². The summed E-state index contributed by atoms with van der Waals surface area (Å²) >= 11 is 2.29. The normalized spacial score (nSPS) is 10.3. The maximum atomic E-state index is 5.76. The second kappa shape index (κ2) is 8.97. The summed E-state index contributed by atoms with van der Waals surface area (Å²) in [6.45, 7) is 11.7. The Morgan fingerprint density at radius 3 is 2.62 bits per heavy atom. The molecule has 128 valence electrons. The zero-order chi connectivity index (χ0) is 17.5. The van der Waals surface area contributed by atoms with Gasteiger partial charge >= 0.3 is 0 Å². The number of ether oxygens (including phenoxy) is 2. The van der Waals surface area contributed by atoms with Gasteiger partial charge in [-0.1, -0.05) is 30.4 Å². The lowest BCUT2D eigenvalue weighted by molar-refractivity contribution is 0.295. The molecular weight excluding hydrogens is 413 g/mol. The molecule has 0 atom stereocenters. The van der Waals surface area contributed by atoms with Gasteiger partial charge in [-0.2, -0.15) is 0 Å². The van der Waals surface area contributed by atoms with Crippen molar-refractivity contribution in [1.82, 2.24) is 0 Å². The smallest absolute Gasteiger partial charge is 0.174 e. The molecule has 0 amide bonds. The Kier molecular flexibility index (Phi) is 6.97. The van der Waals surface area contributed by atoms with Crippen molar-refractivity contribution in [3.8, 4) is 11.5 Å². The van der Waals surface area contributed by atoms with Crippen molar-refractivity contribution in [2.24, 2.45) is 0 Å². The summed E-state index contributed by atoms with van der Waals surface area (Å²) in [5.41, 5.74) is 4.84. The van der Waals surface area contributed by atoms with Gasteiger partial charge in [0.05, 0.1) is 10.2 Å². The number of aryl methyl sites for hydroxylation is 2. The molecular formula is C20H24INO2. The van der Waals surface area contributed by atoms with Crippen molar-refractivity contribution in [3.63, 3.8) is 0 Å². The van der Waals surface area contributed by atoms with Gasteiger partial charge in [0.2, 0.25) is 0 Å². The molecule has 0 bridgehead atoms. The van der Waals surface area contributed by atoms with Crippen LogP contribution in [0.15, 0.2) is 43.0 Å². The molecule has 4 heteroatoms. The Morgan fingerprint density at radius 2 is 1.96 bits per heavy atom. The number of rotatable bonds is 8. The minimum atomic E-state index is 0.468. The fraction of sp³-hybridized carbons (Fsp3) is 0.300. The van der Waals surface area contributed by atoms with Gasteiger partial charge in [-0.25, -0.2) is 0 Å². The van der Waals surface area contributed by atoms with Gasteiger partial charge in [-0.15, -0.1) is 0 Å². The van der Waals surface area contributed by atoms with Crippen LogP contribution in [-0.4, -0.2) is 13.2 Å². The van der Waals surface area contributed by atoms with Crippen LogP contribution in [0.25, 0.3) is 0 Å². The van der Waals surface area contributed by atoms with Gasteiger partial charge in [0.25, 0.3) is 0 Å². The van der Waals surface area contributed by atoms with Crippen LogP contribution in [0.2, 0.25) is 0 Å². The summed E-state index contributed by atoms with van der Waals surface area (Å²) in [6.07, 6.45) is 1.74. The molecule has 2 rings (SSSR count). The fourth-order valence-electron chi connectivity index (χ4n) is 2.48. The van der Waals surface area contributed by atoms with Crippen LogP contribution in [0, 0.1) is 17.4 Å². The van der Waals surface area contributed by atoms with E-state index in [1.54, 1.807) is 6.08 Å². The highest BCUT2D eigenvalue weighted by molar-refractivity contribution is 14.1. The molecule has 0 saturated heterocycles. The molecule has 0 saturated carbocycles. The van der Waals surface area contributed by atoms with E-state index in [4.69, 9.17) is 9.47 Å². The molecule has 0 fully saturated rings. The Labute approximate surface area is 158 Å². The van der Waals surface area contributed by atoms with Crippen molar-refractivity contribution >= 4 is 28.3 Å². The van der Waals surface area contributed by atoms with Crippen LogP contribution >= 0.6 is 22.6 Å². The highest BCUT2D eigenvalue weighted by atomic mass is 127. The van der Waals surface area contributed by atoms with Crippen LogP contribution in [0.1, 0.15) is 23.6 Å². The van der Waals surface area contributed by atoms with Crippen LogP contribution < -0.4 is 14.8 Å². The molecule has 0 aromatic heterocycles. The SMILES string of the molecule is C=CCOc1c(I)cc(CNc2ccc(C)cc2C)cc1OCC. The Bertz CT molecular complexity index is 713. The maximum Gasteiger partial charge on any atom is 0.174 e. The zero-order valence-electron chi connectivity index (χ0n) is 14.5. The van der Waals surface area contributed by atoms with Crippen molar-refractivity contribution in [2.75, 3.05) is 18.5 Å². The molecule has 0 spiro atoms. The molecule has 24 heavy (non-hydrogen) atoms. The molecule has 0 aliphatic carbocycles. The Morgan fingerprint density at radius 1 is 1.17 bits per heavy atom. The Hall–Kier alpha value is -1.69. The molecule has 3 nitrogen and oxygen atoms in total. The van der Waals surface area contributed by atoms with E-state index in [0.717, 1.165) is 32.9 Å². The van der Waals surface area contributed by atoms with E-state index in [1.807, 2.05) is 13.0 Å². The van der Waals surface area contributed by atoms with Crippen molar-refractivity contribution in [3.05, 3.63) is 63.2 Å². The average molecular weight is 437 g/mol. The highest BCUT2D eigenvalue weighted by Crippen LogP contribution is 2.34. The largest absolute Gasteiger partial charge is 0.490 e. The molecule has 2 aromatic carbocycles. The van der Waals surface area contributed by atoms with Gasteiger partial charge in [0.1, 0.15) is 6.61 Å². The zero-order valence-corrected chi connectivity index (χ0v) is 16.6. The van der Waals surface area contributed by atoms with E-state index < -0.39 is 0 Å². The van der Waals surface area contributed by atoms with E-state index in [9.17, 15) is 0 Å². The minimum absolute atomic E-state index is 0.468. The topological polar surface area (TPSA) is 30.5 Å². The molecule has 0 heterocycles. The highest BCUT2D eigenvalue weighted by Gasteiger charge is 2.12. The third-order valence-corrected chi connectivity index (χ3v) is 4.38. The van der Waals surface area contributed by atoms with Gasteiger partial charge in [-0.3, -0.25) is 0 Å². The summed E-state index contributed by atoms with van der Waals surface area (Å²) in [5.74, 6) is 1.57. The van der Waals surface area contributed by atoms with Gasteiger partial charge in [-0.05, 0) is 72.7 Å². The standard InChI is InChI=1S/C20H24INO2/c1-5-9-24-20-17(21)11-16(12-19(20)23-6-2)13-22-18-8-7-14(3)10-15(18)4/h5,7-8,10-12,22H,1,6,9,13H2,2-4H3. The van der Waals surface area contributed by atoms with E-state index in [0.29, 0.717) is 13.2 Å². The minimum Gasteiger partial charge on any atom is -0.490 e. The summed E-state index contributed by atoms with van der Waals surface area (Å²) in [6, 6.07) is 10.6. The second-order valence-electron chi connectivity index (χ2n) is 5.61. The monoisotopic (exact) mass is 437 g/mol. The average Bonchev–Trinajstić information content (AvgIpc) is 2.53. The summed E-state index contributed by atoms with van der Waals surface area (Å²) in [7, 11) is 0. The fourth-order valence-corrected chi connectivity index (χ4v) is 3.30. The van der Waals surface area contributed by atoms with Gasteiger partial charge in [0.15, 0.2) is 11.5 Å². The maximum absolute atomic E-state index is 5.76. The number of anilines is 1. The van der Waals surface area contributed by atoms with E-state index in [-0.39, 0.29) is 0 Å². The number of hydrogen-bond acceptors (Lipinski definition) is 3. The van der Waals surface area contributed by atoms with E-state index in [1.165, 1.54) is 11.1 Å². The summed E-state index contributed by atoms with van der Waals surface area (Å²) in [4.78, 5) is 0. The first-order chi connectivity index (χ1) is 11.5. The third-order valence-electron chi connectivity index (χ3n) is 3.58. The van der Waals surface area contributed by atoms with Crippen molar-refractivity contribution < 1.29 is 9.47 Å². The quantitative estimate of drug-likeness (QED) is 0.438. The number of hydrogen-bond donors (Lipinski definition) is 1. The lowest BCUT2D eigenvalue weighted by Gasteiger charge is -2.16. The van der Waals surface area contributed by atoms with Crippen LogP contribution in [0.4, 0.5) is 5.69 Å². The first-order valence-electron chi connectivity index (χ1n) is 8.05. The lowest BCUT2D eigenvalue weighted by Crippen LogP contribution is -2.05. The molecule has 2 aromatic rings. The van der Waals surface area contributed by atoms with Crippen LogP contribution in [0.3, 0.4) is 0 Å². The van der Waals surface area contributed by atoms with E-state index in [2.05, 4.69) is 72.6 Å². The second-order valence-corrected chi connectivity index (χ2v) is 6.77. The number of benzene rings is 2. The predicted molar refractivity (Wildman–Crippen MR) is 109 cm³/mol. The molecule has 0 radical (unpaired) electrons. The summed E-state index contributed by atoms with van der Waals surface area (Å²) in [5, 5.41) is 3.50. The molecule has 0 unspecified atom stereocenters. The van der Waals surface area contributed by atoms with Crippen LogP contribution in [0.5, 0.6) is 11.5 Å². The number of nitrogens with one attached hydrogen (secondary N) is 1. The van der Waals surface area contributed by atoms with Gasteiger partial charge in [0, 0.05) is 12.2 Å². The third kappa shape index (κ3) is 4.90. The van der Waals surface area contributed by atoms with Gasteiger partial charge < -0.3 is 14.8 Å².